The van der Waals surface area contributed by atoms with Gasteiger partial charge in [-0.1, -0.05) is 29.6 Å². The van der Waals surface area contributed by atoms with Crippen LogP contribution in [-0.4, -0.2) is 4.98 Å². The van der Waals surface area contributed by atoms with Gasteiger partial charge in [0, 0.05) is 0 Å². The summed E-state index contributed by atoms with van der Waals surface area (Å²) in [6.07, 6.45) is 6.39. The van der Waals surface area contributed by atoms with Crippen molar-refractivity contribution in [3.05, 3.63) is 27.5 Å². The molecule has 2 aliphatic rings. The van der Waals surface area contributed by atoms with Crippen molar-refractivity contribution >= 4 is 23.2 Å². The summed E-state index contributed by atoms with van der Waals surface area (Å²) < 4.78 is 0. The van der Waals surface area contributed by atoms with Gasteiger partial charge in [-0.25, -0.2) is 4.98 Å². The minimum atomic E-state index is 0.548. The van der Waals surface area contributed by atoms with Crippen LogP contribution in [0.3, 0.4) is 0 Å². The summed E-state index contributed by atoms with van der Waals surface area (Å²) in [5.74, 6) is 1.57. The van der Waals surface area contributed by atoms with Crippen LogP contribution >= 0.6 is 23.2 Å². The summed E-state index contributed by atoms with van der Waals surface area (Å²) in [7, 11) is 0. The minimum absolute atomic E-state index is 0.548. The Hall–Kier alpha value is -0.270. The van der Waals surface area contributed by atoms with Crippen LogP contribution in [0.2, 0.25) is 10.3 Å². The summed E-state index contributed by atoms with van der Waals surface area (Å²) in [6.45, 7) is 0. The first-order valence-electron chi connectivity index (χ1n) is 5.60. The topological polar surface area (TPSA) is 12.9 Å². The molecule has 1 aromatic heterocycles. The highest BCUT2D eigenvalue weighted by molar-refractivity contribution is 6.33. The summed E-state index contributed by atoms with van der Waals surface area (Å²) in [6, 6.07) is 2.03. The number of halogens is 2. The van der Waals surface area contributed by atoms with Crippen LogP contribution in [0.15, 0.2) is 6.07 Å². The van der Waals surface area contributed by atoms with Crippen molar-refractivity contribution in [1.29, 1.82) is 0 Å². The maximum absolute atomic E-state index is 6.14. The molecule has 2 aliphatic carbocycles. The molecule has 0 aromatic carbocycles. The lowest BCUT2D eigenvalue weighted by Crippen LogP contribution is -2.16. The van der Waals surface area contributed by atoms with Gasteiger partial charge in [0.05, 0.1) is 0 Å². The number of aromatic nitrogens is 1. The molecular weight excluding hydrogens is 229 g/mol. The molecule has 15 heavy (non-hydrogen) atoms. The fourth-order valence-corrected chi connectivity index (χ4v) is 3.77. The number of pyridine rings is 1. The van der Waals surface area contributed by atoms with E-state index in [1.165, 1.54) is 36.8 Å². The van der Waals surface area contributed by atoms with Crippen LogP contribution in [0.5, 0.6) is 0 Å². The second-order valence-electron chi connectivity index (χ2n) is 4.64. The number of hydrogen-bond acceptors (Lipinski definition) is 1. The number of hydrogen-bond donors (Lipinski definition) is 0. The van der Waals surface area contributed by atoms with Crippen molar-refractivity contribution < 1.29 is 0 Å². The summed E-state index contributed by atoms with van der Waals surface area (Å²) in [5.41, 5.74) is 2.64. The largest absolute Gasteiger partial charge is 0.224 e. The first kappa shape index (κ1) is 9.92. The number of rotatable bonds is 0. The predicted octanol–water partition coefficient (Wildman–Crippen LogP) is 4.22. The fraction of sp³-hybridized carbons (Fsp3) is 0.583. The van der Waals surface area contributed by atoms with E-state index in [1.807, 2.05) is 6.07 Å². The van der Waals surface area contributed by atoms with Crippen LogP contribution in [-0.2, 0) is 6.42 Å². The highest BCUT2D eigenvalue weighted by Gasteiger charge is 2.34. The van der Waals surface area contributed by atoms with E-state index in [0.717, 1.165) is 12.3 Å². The van der Waals surface area contributed by atoms with E-state index < -0.39 is 0 Å². The van der Waals surface area contributed by atoms with Gasteiger partial charge in [0.2, 0.25) is 0 Å². The van der Waals surface area contributed by atoms with E-state index in [9.17, 15) is 0 Å². The Morgan fingerprint density at radius 1 is 1.20 bits per heavy atom. The number of nitrogens with zero attached hydrogens (tertiary/aromatic N) is 1. The second-order valence-corrected chi connectivity index (χ2v) is 5.38. The monoisotopic (exact) mass is 241 g/mol. The molecule has 3 heteroatoms. The van der Waals surface area contributed by atoms with Gasteiger partial charge < -0.3 is 0 Å². The Bertz CT molecular complexity index is 403. The second kappa shape index (κ2) is 3.64. The lowest BCUT2D eigenvalue weighted by Gasteiger charge is -2.28. The Labute approximate surface area is 99.8 Å². The van der Waals surface area contributed by atoms with Gasteiger partial charge in [-0.05, 0) is 54.7 Å². The molecule has 0 N–H and O–H groups in total. The van der Waals surface area contributed by atoms with Crippen molar-refractivity contribution in [3.8, 4) is 0 Å². The smallest absolute Gasteiger partial charge is 0.134 e. The average molecular weight is 242 g/mol. The first-order valence-corrected chi connectivity index (χ1v) is 6.36. The van der Waals surface area contributed by atoms with E-state index in [2.05, 4.69) is 4.98 Å². The van der Waals surface area contributed by atoms with E-state index in [-0.39, 0.29) is 0 Å². The molecule has 0 aliphatic heterocycles. The highest BCUT2D eigenvalue weighted by atomic mass is 35.5. The molecule has 0 spiro atoms. The molecule has 0 bridgehead atoms. The van der Waals surface area contributed by atoms with E-state index >= 15 is 0 Å². The third-order valence-corrected chi connectivity index (χ3v) is 4.41. The molecule has 0 saturated heterocycles. The zero-order valence-electron chi connectivity index (χ0n) is 8.47. The van der Waals surface area contributed by atoms with Crippen molar-refractivity contribution in [3.63, 3.8) is 0 Å². The normalized spacial score (nSPS) is 28.7. The molecular formula is C12H13Cl2N. The van der Waals surface area contributed by atoms with Crippen LogP contribution in [0.4, 0.5) is 0 Å². The third kappa shape index (κ3) is 1.57. The maximum Gasteiger partial charge on any atom is 0.134 e. The molecule has 2 atom stereocenters. The van der Waals surface area contributed by atoms with Crippen molar-refractivity contribution in [1.82, 2.24) is 4.98 Å². The van der Waals surface area contributed by atoms with Crippen molar-refractivity contribution in [2.24, 2.45) is 5.92 Å². The summed E-state index contributed by atoms with van der Waals surface area (Å²) in [5, 5.41) is 1.18. The zero-order valence-corrected chi connectivity index (χ0v) is 9.98. The SMILES string of the molecule is Clc1cc2c(c(Cl)n1)CC[C@H]1CCC[C@H]21. The van der Waals surface area contributed by atoms with Crippen molar-refractivity contribution in [2.75, 3.05) is 0 Å². The molecule has 1 aromatic rings. The van der Waals surface area contributed by atoms with Gasteiger partial charge in [-0.3, -0.25) is 0 Å². The zero-order chi connectivity index (χ0) is 10.4. The minimum Gasteiger partial charge on any atom is -0.224 e. The molecule has 0 radical (unpaired) electrons. The fourth-order valence-electron chi connectivity index (χ4n) is 3.23. The van der Waals surface area contributed by atoms with E-state index in [1.54, 1.807) is 0 Å². The molecule has 80 valence electrons. The van der Waals surface area contributed by atoms with Gasteiger partial charge in [-0.15, -0.1) is 0 Å². The van der Waals surface area contributed by atoms with Crippen LogP contribution in [0.1, 0.15) is 42.7 Å². The average Bonchev–Trinajstić information content (AvgIpc) is 2.65. The van der Waals surface area contributed by atoms with Crippen LogP contribution in [0.25, 0.3) is 0 Å². The Balaban J connectivity index is 2.12. The standard InChI is InChI=1S/C12H13Cl2N/c13-11-6-10-8-3-1-2-7(8)4-5-9(10)12(14)15-11/h6-8H,1-5H2/t7-,8+/m1/s1. The lowest BCUT2D eigenvalue weighted by molar-refractivity contribution is 0.422. The number of fused-ring (bicyclic) bond motifs is 3. The predicted molar refractivity (Wildman–Crippen MR) is 62.7 cm³/mol. The van der Waals surface area contributed by atoms with Crippen LogP contribution in [0, 0.1) is 5.92 Å². The molecule has 1 nitrogen and oxygen atoms in total. The first-order chi connectivity index (χ1) is 7.25. The molecule has 1 heterocycles. The van der Waals surface area contributed by atoms with Gasteiger partial charge in [-0.2, -0.15) is 0 Å². The van der Waals surface area contributed by atoms with Gasteiger partial charge in [0.15, 0.2) is 0 Å². The Morgan fingerprint density at radius 2 is 2.07 bits per heavy atom. The maximum atomic E-state index is 6.14. The Kier molecular flexibility index (Phi) is 2.41. The summed E-state index contributed by atoms with van der Waals surface area (Å²) >= 11 is 12.1. The highest BCUT2D eigenvalue weighted by Crippen LogP contribution is 2.48. The van der Waals surface area contributed by atoms with Gasteiger partial charge in [0.25, 0.3) is 0 Å². The summed E-state index contributed by atoms with van der Waals surface area (Å²) in [4.78, 5) is 4.13. The van der Waals surface area contributed by atoms with E-state index in [4.69, 9.17) is 23.2 Å². The quantitative estimate of drug-likeness (QED) is 0.621. The third-order valence-electron chi connectivity index (χ3n) is 3.90. The molecule has 1 fully saturated rings. The molecule has 0 unspecified atom stereocenters. The van der Waals surface area contributed by atoms with Crippen LogP contribution < -0.4 is 0 Å². The lowest BCUT2D eigenvalue weighted by atomic mass is 9.78. The van der Waals surface area contributed by atoms with Gasteiger partial charge >= 0.3 is 0 Å². The van der Waals surface area contributed by atoms with Crippen molar-refractivity contribution in [2.45, 2.75) is 38.0 Å². The van der Waals surface area contributed by atoms with Gasteiger partial charge in [0.1, 0.15) is 10.3 Å². The molecule has 0 amide bonds. The molecule has 1 saturated carbocycles. The Morgan fingerprint density at radius 3 is 2.93 bits per heavy atom. The molecule has 3 rings (SSSR count). The van der Waals surface area contributed by atoms with E-state index in [0.29, 0.717) is 16.2 Å².